The summed E-state index contributed by atoms with van der Waals surface area (Å²) in [7, 11) is 1.58. The molecular weight excluding hydrogens is 358 g/mol. The van der Waals surface area contributed by atoms with Crippen LogP contribution in [0.25, 0.3) is 6.08 Å². The van der Waals surface area contributed by atoms with Crippen LogP contribution < -0.4 is 14.2 Å². The summed E-state index contributed by atoms with van der Waals surface area (Å²) in [4.78, 5) is 16.4. The fourth-order valence-electron chi connectivity index (χ4n) is 2.64. The molecule has 2 aromatic carbocycles. The fourth-order valence-corrected chi connectivity index (χ4v) is 2.91. The van der Waals surface area contributed by atoms with E-state index in [-0.39, 0.29) is 11.6 Å². The second-order valence-electron chi connectivity index (χ2n) is 5.59. The van der Waals surface area contributed by atoms with Crippen molar-refractivity contribution in [2.75, 3.05) is 20.3 Å². The van der Waals surface area contributed by atoms with Crippen LogP contribution in [0.1, 0.15) is 11.1 Å². The van der Waals surface area contributed by atoms with Crippen LogP contribution in [0.5, 0.6) is 17.2 Å². The maximum absolute atomic E-state index is 12.1. The van der Waals surface area contributed by atoms with Gasteiger partial charge in [0.1, 0.15) is 19.0 Å². The topological polar surface area (TPSA) is 66.3 Å². The molecule has 0 unspecified atom stereocenters. The van der Waals surface area contributed by atoms with E-state index in [4.69, 9.17) is 30.5 Å². The smallest absolute Gasteiger partial charge is 0.363 e. The molecule has 0 saturated heterocycles. The summed E-state index contributed by atoms with van der Waals surface area (Å²) in [5.41, 5.74) is 1.54. The van der Waals surface area contributed by atoms with Gasteiger partial charge in [-0.1, -0.05) is 11.6 Å². The molecule has 0 saturated carbocycles. The molecule has 0 radical (unpaired) electrons. The van der Waals surface area contributed by atoms with Gasteiger partial charge in [-0.05, 0) is 48.0 Å². The number of benzene rings is 2. The summed E-state index contributed by atoms with van der Waals surface area (Å²) >= 11 is 6.22. The SMILES string of the molecule is COc1ccc(C2=NC(=Cc3cc(Cl)c4c(c3)OCCO4)C(=O)O2)cc1. The van der Waals surface area contributed by atoms with Crippen molar-refractivity contribution in [3.63, 3.8) is 0 Å². The highest BCUT2D eigenvalue weighted by Gasteiger charge is 2.25. The lowest BCUT2D eigenvalue weighted by atomic mass is 10.1. The number of cyclic esters (lactones) is 1. The molecule has 0 aliphatic carbocycles. The van der Waals surface area contributed by atoms with Crippen LogP contribution in [0.4, 0.5) is 0 Å². The Bertz CT molecular complexity index is 934. The van der Waals surface area contributed by atoms with Crippen molar-refractivity contribution in [1.29, 1.82) is 0 Å². The van der Waals surface area contributed by atoms with Crippen LogP contribution in [-0.4, -0.2) is 32.2 Å². The molecule has 26 heavy (non-hydrogen) atoms. The number of esters is 1. The second kappa shape index (κ2) is 6.72. The van der Waals surface area contributed by atoms with Crippen molar-refractivity contribution in [2.45, 2.75) is 0 Å². The van der Waals surface area contributed by atoms with E-state index in [1.54, 1.807) is 49.6 Å². The quantitative estimate of drug-likeness (QED) is 0.610. The van der Waals surface area contributed by atoms with Gasteiger partial charge < -0.3 is 18.9 Å². The third kappa shape index (κ3) is 3.11. The molecule has 2 aromatic rings. The number of nitrogens with zero attached hydrogens (tertiary/aromatic N) is 1. The number of rotatable bonds is 3. The molecule has 0 bridgehead atoms. The Kier molecular flexibility index (Phi) is 4.26. The minimum atomic E-state index is -0.526. The first-order chi connectivity index (χ1) is 12.6. The second-order valence-corrected chi connectivity index (χ2v) is 6.00. The molecule has 0 spiro atoms. The van der Waals surface area contributed by atoms with Crippen molar-refractivity contribution in [3.8, 4) is 17.2 Å². The lowest BCUT2D eigenvalue weighted by Gasteiger charge is -2.19. The summed E-state index contributed by atoms with van der Waals surface area (Å²) in [5, 5.41) is 0.416. The monoisotopic (exact) mass is 371 g/mol. The molecular formula is C19H14ClNO5. The molecule has 0 N–H and O–H groups in total. The minimum absolute atomic E-state index is 0.184. The van der Waals surface area contributed by atoms with Crippen LogP contribution in [0.2, 0.25) is 5.02 Å². The average Bonchev–Trinajstić information content (AvgIpc) is 3.02. The highest BCUT2D eigenvalue weighted by atomic mass is 35.5. The van der Waals surface area contributed by atoms with Gasteiger partial charge >= 0.3 is 5.97 Å². The average molecular weight is 372 g/mol. The van der Waals surface area contributed by atoms with Crippen LogP contribution >= 0.6 is 11.6 Å². The molecule has 2 heterocycles. The Morgan fingerprint density at radius 1 is 1.15 bits per heavy atom. The predicted octanol–water partition coefficient (Wildman–Crippen LogP) is 3.46. The van der Waals surface area contributed by atoms with E-state index < -0.39 is 5.97 Å². The van der Waals surface area contributed by atoms with E-state index in [0.717, 1.165) is 0 Å². The molecule has 2 aliphatic rings. The molecule has 6 nitrogen and oxygen atoms in total. The number of halogens is 1. The maximum atomic E-state index is 12.1. The number of ether oxygens (including phenoxy) is 4. The number of hydrogen-bond acceptors (Lipinski definition) is 6. The molecule has 7 heteroatoms. The van der Waals surface area contributed by atoms with Gasteiger partial charge in [-0.25, -0.2) is 9.79 Å². The van der Waals surface area contributed by atoms with Gasteiger partial charge in [0.2, 0.25) is 5.90 Å². The van der Waals surface area contributed by atoms with Gasteiger partial charge in [0, 0.05) is 5.56 Å². The van der Waals surface area contributed by atoms with Gasteiger partial charge in [0.05, 0.1) is 12.1 Å². The lowest BCUT2D eigenvalue weighted by molar-refractivity contribution is -0.129. The van der Waals surface area contributed by atoms with E-state index in [9.17, 15) is 4.79 Å². The number of hydrogen-bond donors (Lipinski definition) is 0. The van der Waals surface area contributed by atoms with Crippen molar-refractivity contribution in [3.05, 3.63) is 58.2 Å². The van der Waals surface area contributed by atoms with E-state index in [1.807, 2.05) is 0 Å². The zero-order valence-corrected chi connectivity index (χ0v) is 14.6. The van der Waals surface area contributed by atoms with Crippen molar-refractivity contribution < 1.29 is 23.7 Å². The Hall–Kier alpha value is -2.99. The van der Waals surface area contributed by atoms with E-state index >= 15 is 0 Å². The number of carbonyl (C=O) groups is 1. The summed E-state index contributed by atoms with van der Waals surface area (Å²) in [6.07, 6.45) is 1.60. The number of carbonyl (C=O) groups excluding carboxylic acids is 1. The number of methoxy groups -OCH3 is 1. The third-order valence-electron chi connectivity index (χ3n) is 3.88. The summed E-state index contributed by atoms with van der Waals surface area (Å²) in [5.74, 6) is 1.48. The standard InChI is InChI=1S/C19H14ClNO5/c1-23-13-4-2-12(3-5-13)18-21-15(19(22)26-18)9-11-8-14(20)17-16(10-11)24-6-7-25-17/h2-5,8-10H,6-7H2,1H3. The Morgan fingerprint density at radius 2 is 1.92 bits per heavy atom. The van der Waals surface area contributed by atoms with E-state index in [1.165, 1.54) is 0 Å². The molecule has 0 aromatic heterocycles. The molecule has 2 aliphatic heterocycles. The third-order valence-corrected chi connectivity index (χ3v) is 4.16. The number of fused-ring (bicyclic) bond motifs is 1. The van der Waals surface area contributed by atoms with Gasteiger partial charge in [-0.15, -0.1) is 0 Å². The highest BCUT2D eigenvalue weighted by molar-refractivity contribution is 6.32. The number of aliphatic imine (C=N–C) groups is 1. The first kappa shape index (κ1) is 16.5. The fraction of sp³-hybridized carbons (Fsp3) is 0.158. The van der Waals surface area contributed by atoms with Crippen molar-refractivity contribution in [2.24, 2.45) is 4.99 Å². The Balaban J connectivity index is 1.65. The normalized spacial score (nSPS) is 17.1. The van der Waals surface area contributed by atoms with Gasteiger partial charge in [-0.2, -0.15) is 0 Å². The predicted molar refractivity (Wildman–Crippen MR) is 96.0 cm³/mol. The zero-order chi connectivity index (χ0) is 18.1. The van der Waals surface area contributed by atoms with Crippen LogP contribution in [0.3, 0.4) is 0 Å². The van der Waals surface area contributed by atoms with Crippen LogP contribution in [0.15, 0.2) is 47.1 Å². The van der Waals surface area contributed by atoms with E-state index in [2.05, 4.69) is 4.99 Å². The van der Waals surface area contributed by atoms with Gasteiger partial charge in [0.15, 0.2) is 17.2 Å². The maximum Gasteiger partial charge on any atom is 0.363 e. The molecule has 0 atom stereocenters. The molecule has 0 amide bonds. The minimum Gasteiger partial charge on any atom is -0.497 e. The zero-order valence-electron chi connectivity index (χ0n) is 13.8. The van der Waals surface area contributed by atoms with Crippen molar-refractivity contribution >= 4 is 29.5 Å². The lowest BCUT2D eigenvalue weighted by Crippen LogP contribution is -2.15. The summed E-state index contributed by atoms with van der Waals surface area (Å²) in [6.45, 7) is 0.903. The first-order valence-corrected chi connectivity index (χ1v) is 8.28. The Labute approximate surface area is 154 Å². The summed E-state index contributed by atoms with van der Waals surface area (Å²) < 4.78 is 21.4. The largest absolute Gasteiger partial charge is 0.497 e. The Morgan fingerprint density at radius 3 is 2.69 bits per heavy atom. The highest BCUT2D eigenvalue weighted by Crippen LogP contribution is 2.39. The first-order valence-electron chi connectivity index (χ1n) is 7.90. The molecule has 132 valence electrons. The summed E-state index contributed by atoms with van der Waals surface area (Å²) in [6, 6.07) is 10.5. The van der Waals surface area contributed by atoms with Gasteiger partial charge in [0.25, 0.3) is 0 Å². The van der Waals surface area contributed by atoms with E-state index in [0.29, 0.717) is 46.6 Å². The van der Waals surface area contributed by atoms with Gasteiger partial charge in [-0.3, -0.25) is 0 Å². The molecule has 4 rings (SSSR count). The molecule has 0 fully saturated rings. The van der Waals surface area contributed by atoms with Crippen molar-refractivity contribution in [1.82, 2.24) is 0 Å². The van der Waals surface area contributed by atoms with Crippen LogP contribution in [0, 0.1) is 0 Å². The van der Waals surface area contributed by atoms with Crippen LogP contribution in [-0.2, 0) is 9.53 Å².